The summed E-state index contributed by atoms with van der Waals surface area (Å²) in [5.41, 5.74) is 0.911. The van der Waals surface area contributed by atoms with Crippen molar-refractivity contribution in [3.05, 3.63) is 36.1 Å². The van der Waals surface area contributed by atoms with Crippen LogP contribution in [-0.2, 0) is 6.42 Å². The molecule has 0 aliphatic heterocycles. The molecular weight excluding hydrogens is 204 g/mol. The average Bonchev–Trinajstić information content (AvgIpc) is 2.30. The standard InChI is InChI=1S/C11H14O3.C2H6/c1-8(12)4-9-5-10(13-2)7-11(6-9)14-3;1-2/h5-7,12H,1,4H2,2-3H3;1-2H3. The average molecular weight is 224 g/mol. The van der Waals surface area contributed by atoms with Crippen molar-refractivity contribution in [2.75, 3.05) is 14.2 Å². The van der Waals surface area contributed by atoms with Crippen LogP contribution in [0.4, 0.5) is 0 Å². The predicted octanol–water partition coefficient (Wildman–Crippen LogP) is 3.34. The van der Waals surface area contributed by atoms with Crippen LogP contribution in [0.1, 0.15) is 19.4 Å². The summed E-state index contributed by atoms with van der Waals surface area (Å²) < 4.78 is 10.2. The van der Waals surface area contributed by atoms with Crippen LogP contribution in [0, 0.1) is 0 Å². The van der Waals surface area contributed by atoms with Gasteiger partial charge < -0.3 is 14.6 Å². The van der Waals surface area contributed by atoms with E-state index in [1.807, 2.05) is 26.0 Å². The summed E-state index contributed by atoms with van der Waals surface area (Å²) in [5.74, 6) is 1.54. The van der Waals surface area contributed by atoms with Gasteiger partial charge in [0.15, 0.2) is 0 Å². The molecule has 0 aromatic heterocycles. The van der Waals surface area contributed by atoms with Crippen LogP contribution in [0.2, 0.25) is 0 Å². The summed E-state index contributed by atoms with van der Waals surface area (Å²) in [6.07, 6.45) is 0.410. The van der Waals surface area contributed by atoms with Gasteiger partial charge in [-0.05, 0) is 17.7 Å². The first kappa shape index (κ1) is 14.4. The molecule has 1 aromatic rings. The van der Waals surface area contributed by atoms with Crippen LogP contribution >= 0.6 is 0 Å². The van der Waals surface area contributed by atoms with Crippen molar-refractivity contribution in [1.29, 1.82) is 0 Å². The van der Waals surface area contributed by atoms with Gasteiger partial charge in [0.05, 0.1) is 20.0 Å². The summed E-state index contributed by atoms with van der Waals surface area (Å²) in [6.45, 7) is 7.44. The van der Waals surface area contributed by atoms with E-state index in [4.69, 9.17) is 14.6 Å². The lowest BCUT2D eigenvalue weighted by Crippen LogP contribution is -1.92. The van der Waals surface area contributed by atoms with E-state index in [-0.39, 0.29) is 5.76 Å². The monoisotopic (exact) mass is 224 g/mol. The Kier molecular flexibility index (Phi) is 6.84. The van der Waals surface area contributed by atoms with Crippen LogP contribution < -0.4 is 9.47 Å². The number of rotatable bonds is 4. The van der Waals surface area contributed by atoms with E-state index >= 15 is 0 Å². The molecule has 0 radical (unpaired) electrons. The molecular formula is C13H20O3. The van der Waals surface area contributed by atoms with Crippen LogP contribution in [0.3, 0.4) is 0 Å². The zero-order valence-corrected chi connectivity index (χ0v) is 10.4. The van der Waals surface area contributed by atoms with Crippen molar-refractivity contribution in [3.63, 3.8) is 0 Å². The van der Waals surface area contributed by atoms with Crippen molar-refractivity contribution in [2.24, 2.45) is 0 Å². The second kappa shape index (κ2) is 7.63. The minimum Gasteiger partial charge on any atom is -0.513 e. The van der Waals surface area contributed by atoms with E-state index in [2.05, 4.69) is 6.58 Å². The second-order valence-corrected chi connectivity index (χ2v) is 2.96. The quantitative estimate of drug-likeness (QED) is 0.797. The van der Waals surface area contributed by atoms with Crippen molar-refractivity contribution in [1.82, 2.24) is 0 Å². The van der Waals surface area contributed by atoms with Crippen LogP contribution in [-0.4, -0.2) is 19.3 Å². The maximum atomic E-state index is 9.06. The Bertz CT molecular complexity index is 310. The minimum absolute atomic E-state index is 0.125. The molecule has 90 valence electrons. The zero-order valence-electron chi connectivity index (χ0n) is 10.4. The van der Waals surface area contributed by atoms with Crippen LogP contribution in [0.15, 0.2) is 30.5 Å². The molecule has 0 saturated heterocycles. The maximum absolute atomic E-state index is 9.06. The Morgan fingerprint density at radius 1 is 1.12 bits per heavy atom. The predicted molar refractivity (Wildman–Crippen MR) is 66.4 cm³/mol. The highest BCUT2D eigenvalue weighted by atomic mass is 16.5. The molecule has 16 heavy (non-hydrogen) atoms. The highest BCUT2D eigenvalue weighted by molar-refractivity contribution is 5.39. The number of ether oxygens (including phenoxy) is 2. The number of methoxy groups -OCH3 is 2. The molecule has 0 bridgehead atoms. The van der Waals surface area contributed by atoms with E-state index < -0.39 is 0 Å². The number of hydrogen-bond acceptors (Lipinski definition) is 3. The largest absolute Gasteiger partial charge is 0.513 e. The first-order valence-corrected chi connectivity index (χ1v) is 5.24. The lowest BCUT2D eigenvalue weighted by molar-refractivity contribution is 0.389. The van der Waals surface area contributed by atoms with Gasteiger partial charge >= 0.3 is 0 Å². The molecule has 0 aliphatic rings. The molecule has 3 heteroatoms. The maximum Gasteiger partial charge on any atom is 0.122 e. The topological polar surface area (TPSA) is 38.7 Å². The fourth-order valence-electron chi connectivity index (χ4n) is 1.20. The fraction of sp³-hybridized carbons (Fsp3) is 0.385. The van der Waals surface area contributed by atoms with Crippen LogP contribution in [0.5, 0.6) is 11.5 Å². The van der Waals surface area contributed by atoms with Crippen molar-refractivity contribution < 1.29 is 14.6 Å². The summed E-state index contributed by atoms with van der Waals surface area (Å²) in [4.78, 5) is 0. The molecule has 0 aliphatic carbocycles. The number of benzene rings is 1. The summed E-state index contributed by atoms with van der Waals surface area (Å²) in [7, 11) is 3.18. The van der Waals surface area contributed by atoms with Gasteiger partial charge in [0.25, 0.3) is 0 Å². The van der Waals surface area contributed by atoms with E-state index in [1.54, 1.807) is 20.3 Å². The molecule has 0 heterocycles. The molecule has 3 nitrogen and oxygen atoms in total. The van der Waals surface area contributed by atoms with Gasteiger partial charge in [-0.2, -0.15) is 0 Å². The summed E-state index contributed by atoms with van der Waals surface area (Å²) >= 11 is 0. The molecule has 1 rings (SSSR count). The summed E-state index contributed by atoms with van der Waals surface area (Å²) in [5, 5.41) is 9.06. The van der Waals surface area contributed by atoms with Gasteiger partial charge in [-0.15, -0.1) is 0 Å². The van der Waals surface area contributed by atoms with Crippen LogP contribution in [0.25, 0.3) is 0 Å². The Hall–Kier alpha value is -1.64. The minimum atomic E-state index is 0.125. The third-order valence-electron chi connectivity index (χ3n) is 1.82. The second-order valence-electron chi connectivity index (χ2n) is 2.96. The third-order valence-corrected chi connectivity index (χ3v) is 1.82. The van der Waals surface area contributed by atoms with Crippen molar-refractivity contribution in [3.8, 4) is 11.5 Å². The zero-order chi connectivity index (χ0) is 12.6. The van der Waals surface area contributed by atoms with Gasteiger partial charge in [-0.3, -0.25) is 0 Å². The van der Waals surface area contributed by atoms with Crippen molar-refractivity contribution >= 4 is 0 Å². The molecule has 1 N–H and O–H groups in total. The van der Waals surface area contributed by atoms with Gasteiger partial charge in [-0.25, -0.2) is 0 Å². The van der Waals surface area contributed by atoms with Gasteiger partial charge in [0.1, 0.15) is 11.5 Å². The Balaban J connectivity index is 0.00000106. The van der Waals surface area contributed by atoms with Gasteiger partial charge in [-0.1, -0.05) is 20.4 Å². The summed E-state index contributed by atoms with van der Waals surface area (Å²) in [6, 6.07) is 5.46. The molecule has 0 fully saturated rings. The normalized spacial score (nSPS) is 8.75. The number of aliphatic hydroxyl groups excluding tert-OH is 1. The lowest BCUT2D eigenvalue weighted by Gasteiger charge is -2.07. The number of allylic oxidation sites excluding steroid dienone is 1. The first-order valence-electron chi connectivity index (χ1n) is 5.24. The third kappa shape index (κ3) is 4.73. The van der Waals surface area contributed by atoms with E-state index in [0.29, 0.717) is 17.9 Å². The van der Waals surface area contributed by atoms with E-state index in [9.17, 15) is 0 Å². The fourth-order valence-corrected chi connectivity index (χ4v) is 1.20. The molecule has 0 spiro atoms. The highest BCUT2D eigenvalue weighted by Gasteiger charge is 2.02. The van der Waals surface area contributed by atoms with Crippen molar-refractivity contribution in [2.45, 2.75) is 20.3 Å². The van der Waals surface area contributed by atoms with Gasteiger partial charge in [0, 0.05) is 12.5 Å². The smallest absolute Gasteiger partial charge is 0.122 e. The lowest BCUT2D eigenvalue weighted by atomic mass is 10.1. The molecule has 0 amide bonds. The Labute approximate surface area is 97.3 Å². The Morgan fingerprint density at radius 2 is 1.56 bits per heavy atom. The number of hydrogen-bond donors (Lipinski definition) is 1. The highest BCUT2D eigenvalue weighted by Crippen LogP contribution is 2.23. The molecule has 0 unspecified atom stereocenters. The molecule has 1 aromatic carbocycles. The number of aliphatic hydroxyl groups is 1. The van der Waals surface area contributed by atoms with Gasteiger partial charge in [0.2, 0.25) is 0 Å². The first-order chi connectivity index (χ1) is 7.65. The van der Waals surface area contributed by atoms with E-state index in [0.717, 1.165) is 5.56 Å². The molecule has 0 atom stereocenters. The SMILES string of the molecule is C=C(O)Cc1cc(OC)cc(OC)c1.CC. The molecule has 0 saturated carbocycles. The Morgan fingerprint density at radius 3 is 1.88 bits per heavy atom. The van der Waals surface area contributed by atoms with E-state index in [1.165, 1.54) is 0 Å².